The number of rotatable bonds is 1. The van der Waals surface area contributed by atoms with Gasteiger partial charge in [-0.05, 0) is 45.5 Å². The molecule has 0 spiro atoms. The summed E-state index contributed by atoms with van der Waals surface area (Å²) in [6.45, 7) is 6.86. The average Bonchev–Trinajstić information content (AvgIpc) is 2.72. The minimum absolute atomic E-state index is 0.0506. The van der Waals surface area contributed by atoms with Crippen LogP contribution in [0.5, 0.6) is 0 Å². The van der Waals surface area contributed by atoms with Crippen LogP contribution in [0.15, 0.2) is 18.2 Å². The molecule has 0 saturated carbocycles. The van der Waals surface area contributed by atoms with Crippen molar-refractivity contribution in [1.29, 1.82) is 0 Å². The first-order valence-corrected chi connectivity index (χ1v) is 7.48. The van der Waals surface area contributed by atoms with E-state index in [0.717, 1.165) is 25.2 Å². The van der Waals surface area contributed by atoms with Gasteiger partial charge < -0.3 is 10.2 Å². The lowest BCUT2D eigenvalue weighted by atomic mass is 9.89. The van der Waals surface area contributed by atoms with Crippen LogP contribution < -0.4 is 10.2 Å². The van der Waals surface area contributed by atoms with E-state index in [2.05, 4.69) is 42.4 Å². The van der Waals surface area contributed by atoms with Crippen LogP contribution in [-0.2, 0) is 0 Å². The lowest BCUT2D eigenvalue weighted by Crippen LogP contribution is -2.50. The first kappa shape index (κ1) is 13.4. The van der Waals surface area contributed by atoms with Gasteiger partial charge in [-0.2, -0.15) is 0 Å². The summed E-state index contributed by atoms with van der Waals surface area (Å²) in [6, 6.07) is 6.83. The van der Waals surface area contributed by atoms with Crippen molar-refractivity contribution >= 4 is 11.7 Å². The van der Waals surface area contributed by atoms with Crippen molar-refractivity contribution in [3.63, 3.8) is 0 Å². The first-order valence-electron chi connectivity index (χ1n) is 7.48. The summed E-state index contributed by atoms with van der Waals surface area (Å²) in [5.41, 5.74) is 3.72. The van der Waals surface area contributed by atoms with E-state index >= 15 is 0 Å². The summed E-state index contributed by atoms with van der Waals surface area (Å²) in [7, 11) is 2.17. The van der Waals surface area contributed by atoms with Gasteiger partial charge in [0, 0.05) is 30.7 Å². The van der Waals surface area contributed by atoms with Crippen LogP contribution in [0.2, 0.25) is 0 Å². The molecule has 3 rings (SSSR count). The smallest absolute Gasteiger partial charge is 0.322 e. The van der Waals surface area contributed by atoms with Crippen molar-refractivity contribution in [2.24, 2.45) is 0 Å². The molecule has 20 heavy (non-hydrogen) atoms. The van der Waals surface area contributed by atoms with E-state index in [0.29, 0.717) is 18.5 Å². The maximum absolute atomic E-state index is 12.4. The second-order valence-electron chi connectivity index (χ2n) is 5.99. The Hall–Kier alpha value is -1.55. The van der Waals surface area contributed by atoms with Gasteiger partial charge in [0.15, 0.2) is 0 Å². The summed E-state index contributed by atoms with van der Waals surface area (Å²) in [4.78, 5) is 16.8. The van der Waals surface area contributed by atoms with Crippen LogP contribution >= 0.6 is 0 Å². The van der Waals surface area contributed by atoms with E-state index in [4.69, 9.17) is 0 Å². The van der Waals surface area contributed by atoms with Crippen LogP contribution in [0.4, 0.5) is 10.5 Å². The fraction of sp³-hybridized carbons (Fsp3) is 0.562. The van der Waals surface area contributed by atoms with Gasteiger partial charge in [0.25, 0.3) is 0 Å². The highest BCUT2D eigenvalue weighted by molar-refractivity contribution is 5.95. The van der Waals surface area contributed by atoms with Crippen LogP contribution in [0.1, 0.15) is 30.4 Å². The molecule has 108 valence electrons. The van der Waals surface area contributed by atoms with Crippen LogP contribution in [0.3, 0.4) is 0 Å². The molecule has 1 aromatic rings. The Balaban J connectivity index is 2.01. The Morgan fingerprint density at radius 1 is 1.45 bits per heavy atom. The number of benzene rings is 1. The molecule has 2 aliphatic rings. The number of hydrogen-bond acceptors (Lipinski definition) is 2. The molecule has 1 aromatic carbocycles. The molecular formula is C16H23N3O. The Bertz CT molecular complexity index is 528. The number of anilines is 1. The van der Waals surface area contributed by atoms with Gasteiger partial charge in [0.1, 0.15) is 0 Å². The lowest BCUT2D eigenvalue weighted by molar-refractivity contribution is 0.219. The van der Waals surface area contributed by atoms with Gasteiger partial charge in [-0.15, -0.1) is 0 Å². The topological polar surface area (TPSA) is 35.6 Å². The van der Waals surface area contributed by atoms with Crippen molar-refractivity contribution in [3.05, 3.63) is 29.3 Å². The Morgan fingerprint density at radius 2 is 2.25 bits per heavy atom. The predicted molar refractivity (Wildman–Crippen MR) is 81.4 cm³/mol. The SMILES string of the molecule is CCNC(=O)N1c2ccc(C)cc2[C@H]2CN(C)CC[C@H]21. The molecule has 2 heterocycles. The lowest BCUT2D eigenvalue weighted by Gasteiger charge is -2.36. The normalized spacial score (nSPS) is 25.2. The zero-order valence-corrected chi connectivity index (χ0v) is 12.5. The highest BCUT2D eigenvalue weighted by Crippen LogP contribution is 2.44. The number of carbonyl (C=O) groups is 1. The highest BCUT2D eigenvalue weighted by Gasteiger charge is 2.43. The second-order valence-corrected chi connectivity index (χ2v) is 5.99. The van der Waals surface area contributed by atoms with Gasteiger partial charge in [-0.25, -0.2) is 4.79 Å². The van der Waals surface area contributed by atoms with E-state index in [1.54, 1.807) is 0 Å². The summed E-state index contributed by atoms with van der Waals surface area (Å²) in [5.74, 6) is 0.450. The molecule has 2 atom stereocenters. The number of likely N-dealkylation sites (N-methyl/N-ethyl adjacent to an activating group) is 1. The van der Waals surface area contributed by atoms with Gasteiger partial charge in [-0.1, -0.05) is 17.7 Å². The number of nitrogens with one attached hydrogen (secondary N) is 1. The first-order chi connectivity index (χ1) is 9.61. The minimum Gasteiger partial charge on any atom is -0.338 e. The zero-order valence-electron chi connectivity index (χ0n) is 12.5. The molecule has 1 N–H and O–H groups in total. The quantitative estimate of drug-likeness (QED) is 0.852. The standard InChI is InChI=1S/C16H23N3O/c1-4-17-16(20)19-14-6-5-11(2)9-12(14)13-10-18(3)8-7-15(13)19/h5-6,9,13,15H,4,7-8,10H2,1-3H3,(H,17,20)/t13-,15-/m1/s1. The third-order valence-corrected chi connectivity index (χ3v) is 4.50. The summed E-state index contributed by atoms with van der Waals surface area (Å²) < 4.78 is 0. The molecule has 1 fully saturated rings. The second kappa shape index (κ2) is 5.09. The maximum atomic E-state index is 12.4. The summed E-state index contributed by atoms with van der Waals surface area (Å²) in [5, 5.41) is 2.96. The molecule has 0 aliphatic carbocycles. The largest absolute Gasteiger partial charge is 0.338 e. The maximum Gasteiger partial charge on any atom is 0.322 e. The molecule has 0 aromatic heterocycles. The molecule has 0 unspecified atom stereocenters. The number of amides is 2. The zero-order chi connectivity index (χ0) is 14.3. The van der Waals surface area contributed by atoms with Crippen molar-refractivity contribution in [2.45, 2.75) is 32.2 Å². The molecule has 0 bridgehead atoms. The number of aryl methyl sites for hydroxylation is 1. The summed E-state index contributed by atoms with van der Waals surface area (Å²) in [6.07, 6.45) is 1.05. The average molecular weight is 273 g/mol. The third kappa shape index (κ3) is 2.08. The highest BCUT2D eigenvalue weighted by atomic mass is 16.2. The van der Waals surface area contributed by atoms with Crippen molar-refractivity contribution in [1.82, 2.24) is 10.2 Å². The molecular weight excluding hydrogens is 250 g/mol. The minimum atomic E-state index is 0.0506. The number of fused-ring (bicyclic) bond motifs is 3. The Kier molecular flexibility index (Phi) is 3.42. The van der Waals surface area contributed by atoms with Crippen LogP contribution in [-0.4, -0.2) is 43.7 Å². The third-order valence-electron chi connectivity index (χ3n) is 4.50. The van der Waals surface area contributed by atoms with E-state index in [9.17, 15) is 4.79 Å². The van der Waals surface area contributed by atoms with Gasteiger partial charge in [-0.3, -0.25) is 4.90 Å². The van der Waals surface area contributed by atoms with Gasteiger partial charge in [0.2, 0.25) is 0 Å². The van der Waals surface area contributed by atoms with E-state index < -0.39 is 0 Å². The molecule has 2 amide bonds. The van der Waals surface area contributed by atoms with E-state index in [-0.39, 0.29) is 6.03 Å². The monoisotopic (exact) mass is 273 g/mol. The molecule has 2 aliphatic heterocycles. The van der Waals surface area contributed by atoms with Crippen molar-refractivity contribution in [3.8, 4) is 0 Å². The van der Waals surface area contributed by atoms with Crippen molar-refractivity contribution < 1.29 is 4.79 Å². The van der Waals surface area contributed by atoms with Crippen LogP contribution in [0, 0.1) is 6.92 Å². The Morgan fingerprint density at radius 3 is 3.00 bits per heavy atom. The predicted octanol–water partition coefficient (Wildman–Crippen LogP) is 2.33. The molecule has 0 radical (unpaired) electrons. The van der Waals surface area contributed by atoms with E-state index in [1.165, 1.54) is 11.1 Å². The molecule has 1 saturated heterocycles. The fourth-order valence-electron chi connectivity index (χ4n) is 3.58. The number of nitrogens with zero attached hydrogens (tertiary/aromatic N) is 2. The van der Waals surface area contributed by atoms with Gasteiger partial charge in [0.05, 0.1) is 0 Å². The van der Waals surface area contributed by atoms with E-state index in [1.807, 2.05) is 11.8 Å². The number of piperidine rings is 1. The fourth-order valence-corrected chi connectivity index (χ4v) is 3.58. The molecule has 4 heteroatoms. The number of likely N-dealkylation sites (tertiary alicyclic amines) is 1. The summed E-state index contributed by atoms with van der Waals surface area (Å²) >= 11 is 0. The number of urea groups is 1. The van der Waals surface area contributed by atoms with Crippen LogP contribution in [0.25, 0.3) is 0 Å². The molecule has 4 nitrogen and oxygen atoms in total. The van der Waals surface area contributed by atoms with Crippen molar-refractivity contribution in [2.75, 3.05) is 31.6 Å². The number of hydrogen-bond donors (Lipinski definition) is 1. The number of carbonyl (C=O) groups excluding carboxylic acids is 1. The van der Waals surface area contributed by atoms with Gasteiger partial charge >= 0.3 is 6.03 Å². The Labute approximate surface area is 120 Å².